The molecule has 2 aliphatic heterocycles. The lowest BCUT2D eigenvalue weighted by molar-refractivity contribution is -0.137. The third-order valence-corrected chi connectivity index (χ3v) is 4.29. The molecule has 126 valence electrons. The van der Waals surface area contributed by atoms with E-state index in [2.05, 4.69) is 5.32 Å². The van der Waals surface area contributed by atoms with Crippen LogP contribution in [0.5, 0.6) is 5.75 Å². The number of ether oxygens (including phenoxy) is 1. The van der Waals surface area contributed by atoms with Gasteiger partial charge < -0.3 is 14.7 Å². The Balaban J connectivity index is 1.93. The fraction of sp³-hybridized carbons (Fsp3) is 0.375. The molecule has 0 saturated carbocycles. The number of fused-ring (bicyclic) bond motifs is 1. The van der Waals surface area contributed by atoms with E-state index in [4.69, 9.17) is 9.84 Å². The summed E-state index contributed by atoms with van der Waals surface area (Å²) in [5.41, 5.74) is 1.44. The molecule has 0 radical (unpaired) electrons. The third kappa shape index (κ3) is 2.60. The number of carboxylic acids is 1. The van der Waals surface area contributed by atoms with Crippen LogP contribution in [0.1, 0.15) is 34.3 Å². The number of hydrogen-bond donors (Lipinski definition) is 2. The first-order chi connectivity index (χ1) is 11.4. The van der Waals surface area contributed by atoms with Gasteiger partial charge in [-0.2, -0.15) is 0 Å². The zero-order valence-corrected chi connectivity index (χ0v) is 13.0. The number of carbonyl (C=O) groups is 4. The lowest BCUT2D eigenvalue weighted by atomic mass is 10.0. The van der Waals surface area contributed by atoms with Crippen molar-refractivity contribution in [2.75, 3.05) is 7.11 Å². The topological polar surface area (TPSA) is 113 Å². The molecule has 2 aliphatic rings. The molecule has 8 nitrogen and oxygen atoms in total. The quantitative estimate of drug-likeness (QED) is 0.755. The molecule has 0 aliphatic carbocycles. The minimum absolute atomic E-state index is 0.150. The van der Waals surface area contributed by atoms with Gasteiger partial charge in [-0.15, -0.1) is 0 Å². The van der Waals surface area contributed by atoms with Crippen molar-refractivity contribution in [3.8, 4) is 5.75 Å². The second kappa shape index (κ2) is 5.95. The predicted molar refractivity (Wildman–Crippen MR) is 80.4 cm³/mol. The molecule has 1 aromatic carbocycles. The van der Waals surface area contributed by atoms with E-state index in [1.54, 1.807) is 12.1 Å². The number of carboxylic acid groups (broad SMARTS) is 1. The summed E-state index contributed by atoms with van der Waals surface area (Å²) in [6.45, 7) is 0.150. The first-order valence-corrected chi connectivity index (χ1v) is 7.47. The highest BCUT2D eigenvalue weighted by atomic mass is 16.5. The Morgan fingerprint density at radius 1 is 1.38 bits per heavy atom. The van der Waals surface area contributed by atoms with Gasteiger partial charge in [0.15, 0.2) is 0 Å². The fourth-order valence-corrected chi connectivity index (χ4v) is 3.22. The van der Waals surface area contributed by atoms with Crippen molar-refractivity contribution < 1.29 is 29.0 Å². The first-order valence-electron chi connectivity index (χ1n) is 7.47. The summed E-state index contributed by atoms with van der Waals surface area (Å²) in [7, 11) is 1.42. The van der Waals surface area contributed by atoms with Crippen LogP contribution in [0.25, 0.3) is 0 Å². The van der Waals surface area contributed by atoms with Crippen LogP contribution >= 0.6 is 0 Å². The molecule has 3 amide bonds. The van der Waals surface area contributed by atoms with Gasteiger partial charge in [0.2, 0.25) is 11.8 Å². The third-order valence-electron chi connectivity index (χ3n) is 4.29. The van der Waals surface area contributed by atoms with Crippen LogP contribution in [-0.4, -0.2) is 46.8 Å². The maximum Gasteiger partial charge on any atom is 0.307 e. The number of nitrogens with one attached hydrogen (secondary N) is 1. The number of nitrogens with zero attached hydrogens (tertiary/aromatic N) is 1. The Morgan fingerprint density at radius 2 is 2.12 bits per heavy atom. The van der Waals surface area contributed by atoms with Crippen molar-refractivity contribution in [1.82, 2.24) is 10.2 Å². The van der Waals surface area contributed by atoms with Crippen molar-refractivity contribution in [1.29, 1.82) is 0 Å². The van der Waals surface area contributed by atoms with Gasteiger partial charge in [-0.25, -0.2) is 0 Å². The summed E-state index contributed by atoms with van der Waals surface area (Å²) in [6.07, 6.45) is 0.232. The van der Waals surface area contributed by atoms with E-state index in [0.717, 1.165) is 0 Å². The molecule has 2 N–H and O–H groups in total. The predicted octanol–water partition coefficient (Wildman–Crippen LogP) is 0.0833. The van der Waals surface area contributed by atoms with E-state index in [9.17, 15) is 19.2 Å². The van der Waals surface area contributed by atoms with Gasteiger partial charge in [-0.05, 0) is 12.5 Å². The normalized spacial score (nSPS) is 20.0. The first kappa shape index (κ1) is 16.0. The number of aliphatic carboxylic acids is 1. The number of amides is 3. The van der Waals surface area contributed by atoms with Crippen LogP contribution in [0, 0.1) is 0 Å². The van der Waals surface area contributed by atoms with E-state index < -0.39 is 17.9 Å². The highest BCUT2D eigenvalue weighted by Gasteiger charge is 2.40. The van der Waals surface area contributed by atoms with Crippen LogP contribution in [0.15, 0.2) is 12.1 Å². The maximum absolute atomic E-state index is 12.6. The lowest BCUT2D eigenvalue weighted by Gasteiger charge is -2.29. The van der Waals surface area contributed by atoms with Crippen LogP contribution in [-0.2, 0) is 27.3 Å². The molecule has 24 heavy (non-hydrogen) atoms. The monoisotopic (exact) mass is 332 g/mol. The summed E-state index contributed by atoms with van der Waals surface area (Å²) in [5, 5.41) is 11.2. The van der Waals surface area contributed by atoms with Crippen molar-refractivity contribution >= 4 is 23.7 Å². The summed E-state index contributed by atoms with van der Waals surface area (Å²) in [5.74, 6) is -1.80. The molecule has 3 rings (SSSR count). The zero-order chi connectivity index (χ0) is 17.4. The van der Waals surface area contributed by atoms with Crippen molar-refractivity contribution in [3.63, 3.8) is 0 Å². The van der Waals surface area contributed by atoms with E-state index in [-0.39, 0.29) is 37.6 Å². The standard InChI is InChI=1S/C16H16N2O6/c1-24-14-8(6-13(20)21)2-3-9-10(14)7-18(16(9)23)11-4-5-12(19)17-15(11)22/h2-3,11H,4-7H2,1H3,(H,20,21)(H,17,19,22). The van der Waals surface area contributed by atoms with Gasteiger partial charge in [-0.3, -0.25) is 24.5 Å². The van der Waals surface area contributed by atoms with Crippen LogP contribution in [0.4, 0.5) is 0 Å². The van der Waals surface area contributed by atoms with Gasteiger partial charge in [0.1, 0.15) is 11.8 Å². The van der Waals surface area contributed by atoms with Gasteiger partial charge in [0, 0.05) is 23.1 Å². The molecule has 2 heterocycles. The Labute approximate surface area is 137 Å². The molecule has 0 bridgehead atoms. The van der Waals surface area contributed by atoms with E-state index in [1.165, 1.54) is 12.0 Å². The van der Waals surface area contributed by atoms with Crippen molar-refractivity contribution in [3.05, 3.63) is 28.8 Å². The minimum Gasteiger partial charge on any atom is -0.496 e. The number of rotatable bonds is 4. The minimum atomic E-state index is -1.00. The summed E-state index contributed by atoms with van der Waals surface area (Å²) < 4.78 is 5.32. The van der Waals surface area contributed by atoms with Crippen molar-refractivity contribution in [2.24, 2.45) is 0 Å². The summed E-state index contributed by atoms with van der Waals surface area (Å²) in [4.78, 5) is 48.3. The van der Waals surface area contributed by atoms with E-state index >= 15 is 0 Å². The Bertz CT molecular complexity index is 757. The molecule has 1 saturated heterocycles. The molecule has 1 aromatic rings. The number of benzene rings is 1. The molecular formula is C16H16N2O6. The molecule has 8 heteroatoms. The van der Waals surface area contributed by atoms with Gasteiger partial charge in [0.25, 0.3) is 5.91 Å². The zero-order valence-electron chi connectivity index (χ0n) is 13.0. The second-order valence-corrected chi connectivity index (χ2v) is 5.75. The molecule has 1 unspecified atom stereocenters. The van der Waals surface area contributed by atoms with E-state index in [1.807, 2.05) is 0 Å². The Hall–Kier alpha value is -2.90. The number of carbonyl (C=O) groups excluding carboxylic acids is 3. The smallest absolute Gasteiger partial charge is 0.307 e. The van der Waals surface area contributed by atoms with Crippen LogP contribution in [0.3, 0.4) is 0 Å². The Kier molecular flexibility index (Phi) is 3.96. The molecule has 1 atom stereocenters. The van der Waals surface area contributed by atoms with Gasteiger partial charge >= 0.3 is 5.97 Å². The van der Waals surface area contributed by atoms with Gasteiger partial charge in [0.05, 0.1) is 20.1 Å². The summed E-state index contributed by atoms with van der Waals surface area (Å²) >= 11 is 0. The van der Waals surface area contributed by atoms with Crippen molar-refractivity contribution in [2.45, 2.75) is 31.8 Å². The fourth-order valence-electron chi connectivity index (χ4n) is 3.22. The van der Waals surface area contributed by atoms with Crippen LogP contribution in [0.2, 0.25) is 0 Å². The summed E-state index contributed by atoms with van der Waals surface area (Å²) in [6, 6.07) is 2.40. The number of imide groups is 1. The highest BCUT2D eigenvalue weighted by Crippen LogP contribution is 2.36. The number of hydrogen-bond acceptors (Lipinski definition) is 5. The molecule has 1 fully saturated rings. The average molecular weight is 332 g/mol. The van der Waals surface area contributed by atoms with Gasteiger partial charge in [-0.1, -0.05) is 6.07 Å². The molecule has 0 aromatic heterocycles. The van der Waals surface area contributed by atoms with E-state index in [0.29, 0.717) is 22.4 Å². The number of piperidine rings is 1. The second-order valence-electron chi connectivity index (χ2n) is 5.75. The largest absolute Gasteiger partial charge is 0.496 e. The number of methoxy groups -OCH3 is 1. The average Bonchev–Trinajstić information content (AvgIpc) is 2.84. The SMILES string of the molecule is COc1c(CC(=O)O)ccc2c1CN(C1CCC(=O)NC1=O)C2=O. The highest BCUT2D eigenvalue weighted by molar-refractivity contribution is 6.05. The molecular weight excluding hydrogens is 316 g/mol. The Morgan fingerprint density at radius 3 is 2.75 bits per heavy atom. The lowest BCUT2D eigenvalue weighted by Crippen LogP contribution is -2.52. The van der Waals surface area contributed by atoms with Crippen LogP contribution < -0.4 is 10.1 Å². The molecule has 0 spiro atoms. The maximum atomic E-state index is 12.6.